The number of hydrogen-bond donors (Lipinski definition) is 2. The first-order valence-electron chi connectivity index (χ1n) is 8.70. The number of benzene rings is 2. The molecule has 0 amide bonds. The summed E-state index contributed by atoms with van der Waals surface area (Å²) in [6.07, 6.45) is 1.66. The summed E-state index contributed by atoms with van der Waals surface area (Å²) in [6, 6.07) is 16.0. The molecule has 0 radical (unpaired) electrons. The molecule has 3 aromatic rings. The third-order valence-corrected chi connectivity index (χ3v) is 3.90. The molecule has 8 heteroatoms. The quantitative estimate of drug-likeness (QED) is 0.289. The Morgan fingerprint density at radius 2 is 1.79 bits per heavy atom. The van der Waals surface area contributed by atoms with Gasteiger partial charge in [-0.25, -0.2) is 13.8 Å². The van der Waals surface area contributed by atoms with Gasteiger partial charge in [-0.3, -0.25) is 4.99 Å². The van der Waals surface area contributed by atoms with Crippen molar-refractivity contribution in [3.8, 4) is 11.6 Å². The molecule has 152 valence electrons. The summed E-state index contributed by atoms with van der Waals surface area (Å²) in [5.74, 6) is 0.673. The largest absolute Gasteiger partial charge is 0.439 e. The molecule has 29 heavy (non-hydrogen) atoms. The molecule has 0 fully saturated rings. The van der Waals surface area contributed by atoms with Crippen molar-refractivity contribution in [3.63, 3.8) is 0 Å². The Morgan fingerprint density at radius 3 is 2.48 bits per heavy atom. The Labute approximate surface area is 185 Å². The third-order valence-electron chi connectivity index (χ3n) is 3.90. The second-order valence-electron chi connectivity index (χ2n) is 5.93. The lowest BCUT2D eigenvalue weighted by molar-refractivity contribution is 0.457. The van der Waals surface area contributed by atoms with Gasteiger partial charge in [-0.1, -0.05) is 30.3 Å². The van der Waals surface area contributed by atoms with E-state index in [1.165, 1.54) is 18.2 Å². The van der Waals surface area contributed by atoms with Crippen LogP contribution < -0.4 is 15.4 Å². The number of guanidine groups is 1. The third kappa shape index (κ3) is 6.97. The minimum absolute atomic E-state index is 0. The van der Waals surface area contributed by atoms with Crippen molar-refractivity contribution in [2.24, 2.45) is 4.99 Å². The van der Waals surface area contributed by atoms with Gasteiger partial charge < -0.3 is 15.4 Å². The molecule has 0 bridgehead atoms. The molecule has 1 heterocycles. The Hall–Kier alpha value is -2.75. The summed E-state index contributed by atoms with van der Waals surface area (Å²) in [5.41, 5.74) is 1.46. The van der Waals surface area contributed by atoms with Gasteiger partial charge in [0.15, 0.2) is 5.96 Å². The Kier molecular flexibility index (Phi) is 8.78. The van der Waals surface area contributed by atoms with Crippen LogP contribution in [0.15, 0.2) is 71.9 Å². The lowest BCUT2D eigenvalue weighted by Crippen LogP contribution is -2.36. The molecule has 0 aliphatic carbocycles. The van der Waals surface area contributed by atoms with E-state index >= 15 is 0 Å². The van der Waals surface area contributed by atoms with Gasteiger partial charge in [0.2, 0.25) is 5.88 Å². The smallest absolute Gasteiger partial charge is 0.219 e. The molecule has 0 aliphatic heterocycles. The van der Waals surface area contributed by atoms with E-state index < -0.39 is 0 Å². The van der Waals surface area contributed by atoms with E-state index in [0.29, 0.717) is 36.2 Å². The number of ether oxygens (including phenoxy) is 1. The first kappa shape index (κ1) is 22.5. The van der Waals surface area contributed by atoms with Crippen LogP contribution in [0.1, 0.15) is 11.1 Å². The van der Waals surface area contributed by atoms with E-state index in [1.54, 1.807) is 49.6 Å². The highest BCUT2D eigenvalue weighted by Crippen LogP contribution is 2.19. The zero-order valence-corrected chi connectivity index (χ0v) is 18.1. The molecular weight excluding hydrogens is 489 g/mol. The van der Waals surface area contributed by atoms with Gasteiger partial charge in [0.1, 0.15) is 17.4 Å². The second kappa shape index (κ2) is 11.3. The normalized spacial score (nSPS) is 10.8. The molecule has 0 saturated heterocycles. The first-order valence-corrected chi connectivity index (χ1v) is 8.70. The van der Waals surface area contributed by atoms with Crippen molar-refractivity contribution < 1.29 is 13.5 Å². The monoisotopic (exact) mass is 510 g/mol. The fourth-order valence-corrected chi connectivity index (χ4v) is 2.45. The van der Waals surface area contributed by atoms with Crippen molar-refractivity contribution >= 4 is 29.9 Å². The maximum Gasteiger partial charge on any atom is 0.219 e. The maximum atomic E-state index is 13.7. The van der Waals surface area contributed by atoms with Crippen molar-refractivity contribution in [2.45, 2.75) is 13.1 Å². The molecule has 0 unspecified atom stereocenters. The molecule has 1 aromatic heterocycles. The van der Waals surface area contributed by atoms with Crippen LogP contribution in [0.3, 0.4) is 0 Å². The highest BCUT2D eigenvalue weighted by molar-refractivity contribution is 14.0. The minimum Gasteiger partial charge on any atom is -0.439 e. The van der Waals surface area contributed by atoms with Crippen LogP contribution in [-0.4, -0.2) is 18.0 Å². The minimum atomic E-state index is -0.368. The van der Waals surface area contributed by atoms with Gasteiger partial charge in [-0.15, -0.1) is 24.0 Å². The van der Waals surface area contributed by atoms with Gasteiger partial charge in [-0.2, -0.15) is 0 Å². The van der Waals surface area contributed by atoms with E-state index in [2.05, 4.69) is 20.6 Å². The molecule has 2 aromatic carbocycles. The van der Waals surface area contributed by atoms with Crippen LogP contribution in [0.2, 0.25) is 0 Å². The standard InChI is InChI=1S/C21H20F2N4O.HI/c1-24-21(27-14-16-5-2-3-8-19(16)23)26-13-15-9-10-20(25-12-15)28-18-7-4-6-17(22)11-18;/h2-12H,13-14H2,1H3,(H2,24,26,27);1H. The van der Waals surface area contributed by atoms with Crippen molar-refractivity contribution in [3.05, 3.63) is 89.6 Å². The summed E-state index contributed by atoms with van der Waals surface area (Å²) < 4.78 is 32.4. The number of aromatic nitrogens is 1. The predicted octanol–water partition coefficient (Wildman–Crippen LogP) is 4.64. The van der Waals surface area contributed by atoms with Crippen LogP contribution in [0.4, 0.5) is 8.78 Å². The van der Waals surface area contributed by atoms with Gasteiger partial charge >= 0.3 is 0 Å². The topological polar surface area (TPSA) is 58.5 Å². The Morgan fingerprint density at radius 1 is 1.00 bits per heavy atom. The zero-order chi connectivity index (χ0) is 19.8. The lowest BCUT2D eigenvalue weighted by atomic mass is 10.2. The van der Waals surface area contributed by atoms with Crippen LogP contribution in [0.5, 0.6) is 11.6 Å². The van der Waals surface area contributed by atoms with Crippen LogP contribution in [0, 0.1) is 11.6 Å². The number of hydrogen-bond acceptors (Lipinski definition) is 3. The summed E-state index contributed by atoms with van der Waals surface area (Å²) in [5, 5.41) is 6.20. The number of rotatable bonds is 6. The zero-order valence-electron chi connectivity index (χ0n) is 15.7. The van der Waals surface area contributed by atoms with Gasteiger partial charge in [0.05, 0.1) is 0 Å². The predicted molar refractivity (Wildman–Crippen MR) is 120 cm³/mol. The van der Waals surface area contributed by atoms with E-state index in [1.807, 2.05) is 6.07 Å². The number of nitrogens with one attached hydrogen (secondary N) is 2. The first-order chi connectivity index (χ1) is 13.6. The van der Waals surface area contributed by atoms with Crippen LogP contribution >= 0.6 is 24.0 Å². The summed E-state index contributed by atoms with van der Waals surface area (Å²) in [4.78, 5) is 8.34. The molecular formula is C21H21F2IN4O. The average molecular weight is 510 g/mol. The van der Waals surface area contributed by atoms with Gasteiger partial charge in [-0.05, 0) is 23.8 Å². The van der Waals surface area contributed by atoms with Crippen molar-refractivity contribution in [1.82, 2.24) is 15.6 Å². The number of halogens is 3. The molecule has 3 rings (SSSR count). The lowest BCUT2D eigenvalue weighted by Gasteiger charge is -2.12. The highest BCUT2D eigenvalue weighted by Gasteiger charge is 2.04. The van der Waals surface area contributed by atoms with Gasteiger partial charge in [0, 0.05) is 44.0 Å². The molecule has 0 aliphatic rings. The molecule has 2 N–H and O–H groups in total. The highest BCUT2D eigenvalue weighted by atomic mass is 127. The molecule has 0 spiro atoms. The van der Waals surface area contributed by atoms with E-state index in [4.69, 9.17) is 4.74 Å². The van der Waals surface area contributed by atoms with Crippen LogP contribution in [-0.2, 0) is 13.1 Å². The van der Waals surface area contributed by atoms with E-state index in [0.717, 1.165) is 5.56 Å². The Bertz CT molecular complexity index is 951. The summed E-state index contributed by atoms with van der Waals surface area (Å²) in [6.45, 7) is 0.801. The van der Waals surface area contributed by atoms with Crippen molar-refractivity contribution in [1.29, 1.82) is 0 Å². The van der Waals surface area contributed by atoms with E-state index in [9.17, 15) is 8.78 Å². The molecule has 5 nitrogen and oxygen atoms in total. The van der Waals surface area contributed by atoms with E-state index in [-0.39, 0.29) is 35.6 Å². The fourth-order valence-electron chi connectivity index (χ4n) is 2.45. The Balaban J connectivity index is 0.00000300. The van der Waals surface area contributed by atoms with Crippen LogP contribution in [0.25, 0.3) is 0 Å². The second-order valence-corrected chi connectivity index (χ2v) is 5.93. The summed E-state index contributed by atoms with van der Waals surface area (Å²) in [7, 11) is 1.64. The number of nitrogens with zero attached hydrogens (tertiary/aromatic N) is 2. The average Bonchev–Trinajstić information content (AvgIpc) is 2.70. The number of aliphatic imine (C=N–C) groups is 1. The number of pyridine rings is 1. The molecule has 0 atom stereocenters. The van der Waals surface area contributed by atoms with Crippen molar-refractivity contribution in [2.75, 3.05) is 7.05 Å². The molecule has 0 saturated carbocycles. The fraction of sp³-hybridized carbons (Fsp3) is 0.143. The maximum absolute atomic E-state index is 13.7. The SMILES string of the molecule is CN=C(NCc1ccc(Oc2cccc(F)c2)nc1)NCc1ccccc1F.I. The van der Waals surface area contributed by atoms with Gasteiger partial charge in [0.25, 0.3) is 0 Å². The summed E-state index contributed by atoms with van der Waals surface area (Å²) >= 11 is 0.